The van der Waals surface area contributed by atoms with Crippen LogP contribution in [0.15, 0.2) is 23.9 Å². The summed E-state index contributed by atoms with van der Waals surface area (Å²) >= 11 is 0. The van der Waals surface area contributed by atoms with Gasteiger partial charge in [0.2, 0.25) is 0 Å². The zero-order valence-corrected chi connectivity index (χ0v) is 12.0. The Labute approximate surface area is 118 Å². The van der Waals surface area contributed by atoms with Crippen LogP contribution in [0, 0.1) is 5.82 Å². The van der Waals surface area contributed by atoms with E-state index in [1.165, 1.54) is 12.3 Å². The van der Waals surface area contributed by atoms with Crippen molar-refractivity contribution in [3.05, 3.63) is 35.4 Å². The van der Waals surface area contributed by atoms with Crippen molar-refractivity contribution in [3.8, 4) is 0 Å². The fraction of sp³-hybridized carbons (Fsp3) is 0.467. The molecule has 1 aliphatic heterocycles. The lowest BCUT2D eigenvalue weighted by Crippen LogP contribution is -2.34. The van der Waals surface area contributed by atoms with Crippen LogP contribution in [-0.4, -0.2) is 34.7 Å². The van der Waals surface area contributed by atoms with Crippen molar-refractivity contribution in [3.63, 3.8) is 0 Å². The molecule has 20 heavy (non-hydrogen) atoms. The third kappa shape index (κ3) is 4.05. The summed E-state index contributed by atoms with van der Waals surface area (Å²) in [7, 11) is 0. The van der Waals surface area contributed by atoms with Crippen molar-refractivity contribution in [1.29, 1.82) is 0 Å². The largest absolute Gasteiger partial charge is 0.444 e. The minimum atomic E-state index is -0.484. The van der Waals surface area contributed by atoms with Crippen LogP contribution in [0.2, 0.25) is 0 Å². The van der Waals surface area contributed by atoms with Crippen molar-refractivity contribution < 1.29 is 13.9 Å². The van der Waals surface area contributed by atoms with E-state index in [2.05, 4.69) is 4.98 Å². The molecule has 0 saturated carbocycles. The van der Waals surface area contributed by atoms with Gasteiger partial charge in [-0.1, -0.05) is 0 Å². The van der Waals surface area contributed by atoms with Gasteiger partial charge in [-0.25, -0.2) is 9.18 Å². The lowest BCUT2D eigenvalue weighted by atomic mass is 10.2. The highest BCUT2D eigenvalue weighted by Crippen LogP contribution is 2.20. The quantitative estimate of drug-likeness (QED) is 0.792. The molecule has 4 nitrogen and oxygen atoms in total. The molecule has 1 saturated heterocycles. The summed E-state index contributed by atoms with van der Waals surface area (Å²) in [4.78, 5) is 17.6. The highest BCUT2D eigenvalue weighted by Gasteiger charge is 2.26. The van der Waals surface area contributed by atoms with Crippen LogP contribution in [0.25, 0.3) is 6.08 Å². The van der Waals surface area contributed by atoms with Gasteiger partial charge in [0.05, 0.1) is 11.9 Å². The highest BCUT2D eigenvalue weighted by atomic mass is 19.1. The number of amides is 1. The van der Waals surface area contributed by atoms with Gasteiger partial charge in [0.25, 0.3) is 0 Å². The molecule has 0 spiro atoms. The van der Waals surface area contributed by atoms with Crippen LogP contribution in [-0.2, 0) is 4.74 Å². The minimum absolute atomic E-state index is 0.298. The Morgan fingerprint density at radius 3 is 2.80 bits per heavy atom. The summed E-state index contributed by atoms with van der Waals surface area (Å²) in [5.41, 5.74) is 1.31. The zero-order chi connectivity index (χ0) is 14.8. The van der Waals surface area contributed by atoms with Crippen molar-refractivity contribution in [2.45, 2.75) is 32.8 Å². The molecule has 0 aliphatic carbocycles. The van der Waals surface area contributed by atoms with E-state index in [0.717, 1.165) is 12.0 Å². The van der Waals surface area contributed by atoms with Crippen LogP contribution in [0.5, 0.6) is 0 Å². The van der Waals surface area contributed by atoms with E-state index in [0.29, 0.717) is 18.8 Å². The molecule has 0 bridgehead atoms. The molecule has 2 rings (SSSR count). The number of carbonyl (C=O) groups is 1. The maximum absolute atomic E-state index is 12.8. The number of pyridine rings is 1. The first-order chi connectivity index (χ1) is 9.33. The van der Waals surface area contributed by atoms with Crippen molar-refractivity contribution in [1.82, 2.24) is 9.88 Å². The molecular weight excluding hydrogens is 259 g/mol. The number of hydrogen-bond acceptors (Lipinski definition) is 3. The standard InChI is InChI=1S/C15H19FN2O2/c1-15(2,3)20-14(19)18-7-6-11(10-18)8-13-5-4-12(16)9-17-13/h4-5,8-9H,6-7,10H2,1-3H3/b11-8+. The molecule has 0 N–H and O–H groups in total. The Kier molecular flexibility index (Phi) is 4.06. The van der Waals surface area contributed by atoms with Gasteiger partial charge in [0.15, 0.2) is 0 Å². The predicted octanol–water partition coefficient (Wildman–Crippen LogP) is 3.24. The van der Waals surface area contributed by atoms with Crippen LogP contribution < -0.4 is 0 Å². The Bertz CT molecular complexity index is 518. The van der Waals surface area contributed by atoms with E-state index >= 15 is 0 Å². The summed E-state index contributed by atoms with van der Waals surface area (Å²) in [5, 5.41) is 0. The third-order valence-electron chi connectivity index (χ3n) is 2.85. The minimum Gasteiger partial charge on any atom is -0.444 e. The average Bonchev–Trinajstić information content (AvgIpc) is 2.79. The number of hydrogen-bond donors (Lipinski definition) is 0. The summed E-state index contributed by atoms with van der Waals surface area (Å²) in [6, 6.07) is 3.00. The van der Waals surface area contributed by atoms with Gasteiger partial charge in [-0.2, -0.15) is 0 Å². The monoisotopic (exact) mass is 278 g/mol. The van der Waals surface area contributed by atoms with Crippen molar-refractivity contribution in [2.75, 3.05) is 13.1 Å². The number of ether oxygens (including phenoxy) is 1. The second kappa shape index (κ2) is 5.61. The van der Waals surface area contributed by atoms with E-state index in [-0.39, 0.29) is 11.9 Å². The van der Waals surface area contributed by atoms with Crippen LogP contribution >= 0.6 is 0 Å². The second-order valence-corrected chi connectivity index (χ2v) is 5.86. The molecular formula is C15H19FN2O2. The Hall–Kier alpha value is -1.91. The molecule has 0 atom stereocenters. The molecule has 1 aromatic heterocycles. The molecule has 1 amide bonds. The lowest BCUT2D eigenvalue weighted by molar-refractivity contribution is 0.0299. The van der Waals surface area contributed by atoms with Gasteiger partial charge in [-0.05, 0) is 51.0 Å². The molecule has 0 radical (unpaired) electrons. The average molecular weight is 278 g/mol. The fourth-order valence-electron chi connectivity index (χ4n) is 1.96. The van der Waals surface area contributed by atoms with E-state index in [9.17, 15) is 9.18 Å². The molecule has 5 heteroatoms. The van der Waals surface area contributed by atoms with Gasteiger partial charge in [0.1, 0.15) is 11.4 Å². The molecule has 0 unspecified atom stereocenters. The summed E-state index contributed by atoms with van der Waals surface area (Å²) in [6.45, 7) is 6.72. The normalized spacial score (nSPS) is 17.6. The highest BCUT2D eigenvalue weighted by molar-refractivity contribution is 5.70. The van der Waals surface area contributed by atoms with Crippen molar-refractivity contribution in [2.24, 2.45) is 0 Å². The molecule has 108 valence electrons. The number of carbonyl (C=O) groups excluding carboxylic acids is 1. The van der Waals surface area contributed by atoms with Crippen molar-refractivity contribution >= 4 is 12.2 Å². The molecule has 0 aromatic carbocycles. The van der Waals surface area contributed by atoms with E-state index < -0.39 is 5.60 Å². The van der Waals surface area contributed by atoms with Gasteiger partial charge in [-0.15, -0.1) is 0 Å². The SMILES string of the molecule is CC(C)(C)OC(=O)N1CC/C(=C\c2ccc(F)cn2)C1. The smallest absolute Gasteiger partial charge is 0.410 e. The maximum Gasteiger partial charge on any atom is 0.410 e. The third-order valence-corrected chi connectivity index (χ3v) is 2.85. The first-order valence-corrected chi connectivity index (χ1v) is 6.62. The van der Waals surface area contributed by atoms with Crippen LogP contribution in [0.4, 0.5) is 9.18 Å². The van der Waals surface area contributed by atoms with E-state index in [1.807, 2.05) is 26.8 Å². The summed E-state index contributed by atoms with van der Waals surface area (Å²) < 4.78 is 18.1. The molecule has 1 fully saturated rings. The Morgan fingerprint density at radius 1 is 1.45 bits per heavy atom. The fourth-order valence-corrected chi connectivity index (χ4v) is 1.96. The molecule has 2 heterocycles. The summed E-state index contributed by atoms with van der Waals surface area (Å²) in [6.07, 6.45) is 3.57. The Balaban J connectivity index is 1.98. The van der Waals surface area contributed by atoms with Crippen LogP contribution in [0.1, 0.15) is 32.9 Å². The number of aromatic nitrogens is 1. The van der Waals surface area contributed by atoms with Gasteiger partial charge >= 0.3 is 6.09 Å². The lowest BCUT2D eigenvalue weighted by Gasteiger charge is -2.23. The topological polar surface area (TPSA) is 42.4 Å². The number of halogens is 1. The predicted molar refractivity (Wildman–Crippen MR) is 74.6 cm³/mol. The first kappa shape index (κ1) is 14.5. The number of likely N-dealkylation sites (tertiary alicyclic amines) is 1. The van der Waals surface area contributed by atoms with Gasteiger partial charge < -0.3 is 9.64 Å². The second-order valence-electron chi connectivity index (χ2n) is 5.86. The van der Waals surface area contributed by atoms with Gasteiger partial charge in [0, 0.05) is 13.1 Å². The first-order valence-electron chi connectivity index (χ1n) is 6.62. The summed E-state index contributed by atoms with van der Waals surface area (Å²) in [5.74, 6) is -0.353. The van der Waals surface area contributed by atoms with E-state index in [4.69, 9.17) is 4.74 Å². The number of rotatable bonds is 1. The van der Waals surface area contributed by atoms with Gasteiger partial charge in [-0.3, -0.25) is 4.98 Å². The molecule has 1 aliphatic rings. The van der Waals surface area contributed by atoms with Crippen LogP contribution in [0.3, 0.4) is 0 Å². The number of nitrogens with zero attached hydrogens (tertiary/aromatic N) is 2. The van der Waals surface area contributed by atoms with E-state index in [1.54, 1.807) is 11.0 Å². The Morgan fingerprint density at radius 2 is 2.20 bits per heavy atom. The zero-order valence-electron chi connectivity index (χ0n) is 12.0. The molecule has 1 aromatic rings. The maximum atomic E-state index is 12.8.